The van der Waals surface area contributed by atoms with Gasteiger partial charge < -0.3 is 14.6 Å². The van der Waals surface area contributed by atoms with Gasteiger partial charge in [-0.3, -0.25) is 9.59 Å². The van der Waals surface area contributed by atoms with Gasteiger partial charge in [-0.1, -0.05) is 18.3 Å². The predicted octanol–water partition coefficient (Wildman–Crippen LogP) is 2.84. The molecule has 31 heavy (non-hydrogen) atoms. The molecule has 8 nitrogen and oxygen atoms in total. The maximum atomic E-state index is 12.7. The monoisotopic (exact) mass is 461 g/mol. The van der Waals surface area contributed by atoms with E-state index in [0.29, 0.717) is 29.2 Å². The molecule has 10 heteroatoms. The van der Waals surface area contributed by atoms with Crippen LogP contribution in [0, 0.1) is 0 Å². The number of hydrogen-bond acceptors (Lipinski definition) is 6. The maximum Gasteiger partial charge on any atom is 0.279 e. The maximum absolute atomic E-state index is 12.7. The number of carbonyl (C=O) groups is 2. The van der Waals surface area contributed by atoms with E-state index >= 15 is 0 Å². The van der Waals surface area contributed by atoms with Crippen LogP contribution in [-0.2, 0) is 25.9 Å². The van der Waals surface area contributed by atoms with E-state index in [4.69, 9.17) is 4.74 Å². The third kappa shape index (κ3) is 5.27. The molecule has 0 aliphatic rings. The number of methoxy groups -OCH3 is 1. The molecule has 0 saturated heterocycles. The van der Waals surface area contributed by atoms with Crippen molar-refractivity contribution in [3.8, 4) is 0 Å². The first-order valence-corrected chi connectivity index (χ1v) is 12.0. The Labute approximate surface area is 184 Å². The van der Waals surface area contributed by atoms with Crippen molar-refractivity contribution in [3.05, 3.63) is 52.8 Å². The predicted molar refractivity (Wildman–Crippen MR) is 120 cm³/mol. The van der Waals surface area contributed by atoms with Gasteiger partial charge in [0.25, 0.3) is 5.91 Å². The van der Waals surface area contributed by atoms with E-state index in [9.17, 15) is 18.0 Å². The summed E-state index contributed by atoms with van der Waals surface area (Å²) >= 11 is 1.32. The van der Waals surface area contributed by atoms with Gasteiger partial charge >= 0.3 is 0 Å². The zero-order chi connectivity index (χ0) is 22.6. The van der Waals surface area contributed by atoms with Gasteiger partial charge in [0.2, 0.25) is 5.91 Å². The lowest BCUT2D eigenvalue weighted by atomic mass is 10.2. The van der Waals surface area contributed by atoms with Gasteiger partial charge in [0.1, 0.15) is 0 Å². The summed E-state index contributed by atoms with van der Waals surface area (Å²) in [6, 6.07) is 11.3. The second-order valence-corrected chi connectivity index (χ2v) is 10.0. The second kappa shape index (κ2) is 9.54. The average molecular weight is 462 g/mol. The van der Waals surface area contributed by atoms with Gasteiger partial charge in [-0.05, 0) is 42.5 Å². The number of rotatable bonds is 7. The molecule has 0 aliphatic heterocycles. The molecule has 0 unspecified atom stereocenters. The number of carbonyl (C=O) groups excluding carboxylic acids is 2. The Balaban J connectivity index is 2.02. The molecule has 1 N–H and O–H groups in total. The third-order valence-corrected chi connectivity index (χ3v) is 7.35. The molecule has 0 saturated carbocycles. The fraction of sp³-hybridized carbons (Fsp3) is 0.286. The van der Waals surface area contributed by atoms with Gasteiger partial charge in [-0.2, -0.15) is 4.99 Å². The summed E-state index contributed by atoms with van der Waals surface area (Å²) in [5, 5.41) is 2.74. The van der Waals surface area contributed by atoms with E-state index in [-0.39, 0.29) is 16.6 Å². The number of thiazole rings is 1. The minimum Gasteiger partial charge on any atom is -0.383 e. The molecular weight excluding hydrogens is 438 g/mol. The van der Waals surface area contributed by atoms with Gasteiger partial charge in [-0.25, -0.2) is 8.42 Å². The molecule has 1 heterocycles. The minimum absolute atomic E-state index is 0.00751. The SMILES string of the molecule is CCS(=O)(=O)c1ccc(C(=O)N=c2sc3cc(NC(C)=O)ccc3n2CCOC)cc1. The Hall–Kier alpha value is -2.82. The number of ether oxygens (including phenoxy) is 1. The van der Waals surface area contributed by atoms with Gasteiger partial charge in [-0.15, -0.1) is 0 Å². The molecule has 2 amide bonds. The normalized spacial score (nSPS) is 12.3. The Bertz CT molecular complexity index is 1290. The van der Waals surface area contributed by atoms with E-state index in [1.165, 1.54) is 42.5 Å². The highest BCUT2D eigenvalue weighted by atomic mass is 32.2. The molecular formula is C21H23N3O5S2. The molecule has 3 aromatic rings. The fourth-order valence-corrected chi connectivity index (χ4v) is 4.94. The quantitative estimate of drug-likeness (QED) is 0.582. The van der Waals surface area contributed by atoms with E-state index in [1.807, 2.05) is 16.7 Å². The lowest BCUT2D eigenvalue weighted by Crippen LogP contribution is -2.19. The Kier molecular flexibility index (Phi) is 7.04. The van der Waals surface area contributed by atoms with Crippen LogP contribution in [0.1, 0.15) is 24.2 Å². The fourth-order valence-electron chi connectivity index (χ4n) is 2.96. The van der Waals surface area contributed by atoms with E-state index in [1.54, 1.807) is 20.1 Å². The number of amides is 2. The smallest absolute Gasteiger partial charge is 0.279 e. The van der Waals surface area contributed by atoms with Crippen molar-refractivity contribution < 1.29 is 22.7 Å². The highest BCUT2D eigenvalue weighted by molar-refractivity contribution is 7.91. The zero-order valence-corrected chi connectivity index (χ0v) is 19.0. The number of benzene rings is 2. The Morgan fingerprint density at radius 2 is 1.87 bits per heavy atom. The molecule has 164 valence electrons. The summed E-state index contributed by atoms with van der Waals surface area (Å²) < 4.78 is 31.9. The van der Waals surface area contributed by atoms with E-state index in [2.05, 4.69) is 10.3 Å². The van der Waals surface area contributed by atoms with Crippen molar-refractivity contribution >= 4 is 48.9 Å². The first-order chi connectivity index (χ1) is 14.7. The van der Waals surface area contributed by atoms with Crippen molar-refractivity contribution in [3.63, 3.8) is 0 Å². The van der Waals surface area contributed by atoms with Crippen LogP contribution in [0.2, 0.25) is 0 Å². The number of anilines is 1. The first kappa shape index (κ1) is 22.9. The van der Waals surface area contributed by atoms with Gasteiger partial charge in [0, 0.05) is 31.8 Å². The van der Waals surface area contributed by atoms with Crippen LogP contribution in [-0.4, -0.2) is 44.3 Å². The largest absolute Gasteiger partial charge is 0.383 e. The van der Waals surface area contributed by atoms with Crippen molar-refractivity contribution in [2.45, 2.75) is 25.3 Å². The van der Waals surface area contributed by atoms with Crippen LogP contribution in [0.3, 0.4) is 0 Å². The third-order valence-electron chi connectivity index (χ3n) is 4.56. The standard InChI is InChI=1S/C21H23N3O5S2/c1-4-31(27,28)17-8-5-15(6-9-17)20(26)23-21-24(11-12-29-3)18-10-7-16(22-14(2)25)13-19(18)30-21/h5-10,13H,4,11-12H2,1-3H3,(H,22,25). The van der Waals surface area contributed by atoms with E-state index < -0.39 is 15.7 Å². The highest BCUT2D eigenvalue weighted by Crippen LogP contribution is 2.22. The summed E-state index contributed by atoms with van der Waals surface area (Å²) in [5.41, 5.74) is 1.82. The molecule has 0 spiro atoms. The van der Waals surface area contributed by atoms with Crippen molar-refractivity contribution in [2.24, 2.45) is 4.99 Å². The summed E-state index contributed by atoms with van der Waals surface area (Å²) in [5.74, 6) is -0.649. The lowest BCUT2D eigenvalue weighted by Gasteiger charge is -2.06. The zero-order valence-electron chi connectivity index (χ0n) is 17.4. The average Bonchev–Trinajstić information content (AvgIpc) is 3.07. The van der Waals surface area contributed by atoms with Crippen molar-refractivity contribution in [1.29, 1.82) is 0 Å². The van der Waals surface area contributed by atoms with Crippen LogP contribution < -0.4 is 10.1 Å². The minimum atomic E-state index is -3.33. The molecule has 2 aromatic carbocycles. The lowest BCUT2D eigenvalue weighted by molar-refractivity contribution is -0.114. The second-order valence-electron chi connectivity index (χ2n) is 6.74. The summed E-state index contributed by atoms with van der Waals surface area (Å²) in [4.78, 5) is 29.0. The van der Waals surface area contributed by atoms with Gasteiger partial charge in [0.15, 0.2) is 14.6 Å². The van der Waals surface area contributed by atoms with Crippen LogP contribution in [0.4, 0.5) is 5.69 Å². The van der Waals surface area contributed by atoms with Gasteiger partial charge in [0.05, 0.1) is 27.5 Å². The molecule has 0 atom stereocenters. The summed E-state index contributed by atoms with van der Waals surface area (Å²) in [6.07, 6.45) is 0. The highest BCUT2D eigenvalue weighted by Gasteiger charge is 2.14. The summed E-state index contributed by atoms with van der Waals surface area (Å²) in [6.45, 7) is 3.94. The van der Waals surface area contributed by atoms with Crippen LogP contribution in [0.15, 0.2) is 52.4 Å². The first-order valence-electron chi connectivity index (χ1n) is 9.57. The molecule has 0 aliphatic carbocycles. The number of fused-ring (bicyclic) bond motifs is 1. The molecule has 3 rings (SSSR count). The number of hydrogen-bond donors (Lipinski definition) is 1. The number of sulfone groups is 1. The Morgan fingerprint density at radius 3 is 2.48 bits per heavy atom. The molecule has 0 radical (unpaired) electrons. The number of aromatic nitrogens is 1. The van der Waals surface area contributed by atoms with Crippen LogP contribution in [0.5, 0.6) is 0 Å². The van der Waals surface area contributed by atoms with Crippen molar-refractivity contribution in [1.82, 2.24) is 4.57 Å². The number of nitrogens with one attached hydrogen (secondary N) is 1. The molecule has 0 bridgehead atoms. The summed E-state index contributed by atoms with van der Waals surface area (Å²) in [7, 11) is -1.74. The topological polar surface area (TPSA) is 107 Å². The Morgan fingerprint density at radius 1 is 1.16 bits per heavy atom. The number of nitrogens with zero attached hydrogens (tertiary/aromatic N) is 2. The molecule has 1 aromatic heterocycles. The van der Waals surface area contributed by atoms with E-state index in [0.717, 1.165) is 10.2 Å². The van der Waals surface area contributed by atoms with Crippen molar-refractivity contribution in [2.75, 3.05) is 24.8 Å². The van der Waals surface area contributed by atoms with Crippen LogP contribution in [0.25, 0.3) is 10.2 Å². The van der Waals surface area contributed by atoms with Crippen LogP contribution >= 0.6 is 11.3 Å². The molecule has 0 fully saturated rings.